The maximum atomic E-state index is 12.5. The summed E-state index contributed by atoms with van der Waals surface area (Å²) in [4.78, 5) is 24.2. The number of carbonyl (C=O) groups excluding carboxylic acids is 2. The molecule has 0 bridgehead atoms. The van der Waals surface area contributed by atoms with Gasteiger partial charge >= 0.3 is 5.97 Å². The second-order valence-electron chi connectivity index (χ2n) is 6.15. The summed E-state index contributed by atoms with van der Waals surface area (Å²) in [6.45, 7) is 5.88. The number of hydrogen-bond donors (Lipinski definition) is 1. The number of carbonyl (C=O) groups is 2. The molecule has 0 saturated heterocycles. The van der Waals surface area contributed by atoms with Crippen molar-refractivity contribution in [1.82, 2.24) is 5.32 Å². The van der Waals surface area contributed by atoms with Crippen molar-refractivity contribution in [3.63, 3.8) is 0 Å². The molecule has 2 aromatic carbocycles. The van der Waals surface area contributed by atoms with E-state index >= 15 is 0 Å². The molecule has 0 aromatic heterocycles. The number of amides is 1. The lowest BCUT2D eigenvalue weighted by atomic mass is 10.2. The predicted molar refractivity (Wildman–Crippen MR) is 104 cm³/mol. The highest BCUT2D eigenvalue weighted by Gasteiger charge is 2.16. The lowest BCUT2D eigenvalue weighted by Crippen LogP contribution is -2.34. The molecule has 0 spiro atoms. The summed E-state index contributed by atoms with van der Waals surface area (Å²) in [6, 6.07) is 11.6. The van der Waals surface area contributed by atoms with E-state index in [9.17, 15) is 9.59 Å². The molecule has 0 aliphatic heterocycles. The van der Waals surface area contributed by atoms with Crippen molar-refractivity contribution in [2.75, 3.05) is 20.3 Å². The average molecular weight is 387 g/mol. The summed E-state index contributed by atoms with van der Waals surface area (Å²) < 4.78 is 21.7. The van der Waals surface area contributed by atoms with Crippen molar-refractivity contribution in [2.45, 2.75) is 26.8 Å². The van der Waals surface area contributed by atoms with Gasteiger partial charge in [0.1, 0.15) is 0 Å². The van der Waals surface area contributed by atoms with Crippen LogP contribution in [0.5, 0.6) is 23.0 Å². The van der Waals surface area contributed by atoms with Gasteiger partial charge in [0.25, 0.3) is 5.91 Å². The van der Waals surface area contributed by atoms with E-state index in [1.165, 1.54) is 13.2 Å². The molecule has 0 atom stereocenters. The van der Waals surface area contributed by atoms with E-state index in [4.69, 9.17) is 18.9 Å². The molecule has 0 saturated carbocycles. The molecule has 0 aliphatic rings. The molecule has 0 unspecified atom stereocenters. The van der Waals surface area contributed by atoms with Crippen LogP contribution in [-0.2, 0) is 4.79 Å². The molecule has 0 fully saturated rings. The Balaban J connectivity index is 2.10. The Morgan fingerprint density at radius 1 is 0.964 bits per heavy atom. The fraction of sp³-hybridized carbons (Fsp3) is 0.333. The normalized spacial score (nSPS) is 10.3. The van der Waals surface area contributed by atoms with E-state index in [0.717, 1.165) is 0 Å². The Kier molecular flexibility index (Phi) is 7.68. The molecule has 7 nitrogen and oxygen atoms in total. The van der Waals surface area contributed by atoms with Gasteiger partial charge in [0, 0.05) is 6.04 Å². The van der Waals surface area contributed by atoms with Gasteiger partial charge in [-0.2, -0.15) is 0 Å². The molecule has 2 aromatic rings. The number of methoxy groups -OCH3 is 1. The van der Waals surface area contributed by atoms with Crippen LogP contribution in [0.3, 0.4) is 0 Å². The Labute approximate surface area is 164 Å². The van der Waals surface area contributed by atoms with Crippen molar-refractivity contribution >= 4 is 11.9 Å². The van der Waals surface area contributed by atoms with Crippen LogP contribution in [0.15, 0.2) is 42.5 Å². The van der Waals surface area contributed by atoms with Crippen molar-refractivity contribution in [2.24, 2.45) is 0 Å². The number of rotatable bonds is 9. The van der Waals surface area contributed by atoms with Gasteiger partial charge in [-0.1, -0.05) is 12.1 Å². The van der Waals surface area contributed by atoms with Crippen LogP contribution >= 0.6 is 0 Å². The molecule has 1 N–H and O–H groups in total. The average Bonchev–Trinajstić information content (AvgIpc) is 2.67. The van der Waals surface area contributed by atoms with E-state index in [1.54, 1.807) is 36.4 Å². The first-order chi connectivity index (χ1) is 13.4. The maximum Gasteiger partial charge on any atom is 0.343 e. The van der Waals surface area contributed by atoms with Crippen LogP contribution in [0, 0.1) is 0 Å². The molecular weight excluding hydrogens is 362 g/mol. The molecule has 1 amide bonds. The van der Waals surface area contributed by atoms with Gasteiger partial charge in [-0.15, -0.1) is 0 Å². The lowest BCUT2D eigenvalue weighted by molar-refractivity contribution is -0.123. The summed E-state index contributed by atoms with van der Waals surface area (Å²) in [7, 11) is 1.45. The Bertz CT molecular complexity index is 818. The summed E-state index contributed by atoms with van der Waals surface area (Å²) >= 11 is 0. The van der Waals surface area contributed by atoms with Gasteiger partial charge in [0.15, 0.2) is 29.6 Å². The van der Waals surface area contributed by atoms with E-state index in [-0.39, 0.29) is 24.1 Å². The van der Waals surface area contributed by atoms with Gasteiger partial charge in [0.2, 0.25) is 0 Å². The van der Waals surface area contributed by atoms with Crippen molar-refractivity contribution in [3.8, 4) is 23.0 Å². The number of nitrogens with one attached hydrogen (secondary N) is 1. The van der Waals surface area contributed by atoms with Gasteiger partial charge in [-0.25, -0.2) is 4.79 Å². The molecule has 2 rings (SSSR count). The fourth-order valence-electron chi connectivity index (χ4n) is 2.39. The largest absolute Gasteiger partial charge is 0.493 e. The molecule has 0 aliphatic carbocycles. The smallest absolute Gasteiger partial charge is 0.343 e. The highest BCUT2D eigenvalue weighted by molar-refractivity contribution is 5.92. The minimum atomic E-state index is -0.561. The molecular formula is C21H25NO6. The number of ether oxygens (including phenoxy) is 4. The summed E-state index contributed by atoms with van der Waals surface area (Å²) in [5.74, 6) is 0.695. The zero-order valence-electron chi connectivity index (χ0n) is 16.5. The van der Waals surface area contributed by atoms with Gasteiger partial charge in [-0.3, -0.25) is 4.79 Å². The van der Waals surface area contributed by atoms with E-state index < -0.39 is 5.97 Å². The van der Waals surface area contributed by atoms with Crippen LogP contribution in [-0.4, -0.2) is 38.2 Å². The zero-order chi connectivity index (χ0) is 20.5. The monoisotopic (exact) mass is 387 g/mol. The fourth-order valence-corrected chi connectivity index (χ4v) is 2.39. The zero-order valence-corrected chi connectivity index (χ0v) is 16.5. The summed E-state index contributed by atoms with van der Waals surface area (Å²) in [6.07, 6.45) is 0. The number of hydrogen-bond acceptors (Lipinski definition) is 6. The molecule has 28 heavy (non-hydrogen) atoms. The van der Waals surface area contributed by atoms with Gasteiger partial charge in [0.05, 0.1) is 19.3 Å². The van der Waals surface area contributed by atoms with Crippen LogP contribution in [0.1, 0.15) is 31.1 Å². The van der Waals surface area contributed by atoms with Crippen molar-refractivity contribution in [3.05, 3.63) is 48.0 Å². The lowest BCUT2D eigenvalue weighted by Gasteiger charge is -2.14. The highest BCUT2D eigenvalue weighted by Crippen LogP contribution is 2.30. The molecule has 0 radical (unpaired) electrons. The Morgan fingerprint density at radius 3 is 2.29 bits per heavy atom. The number of para-hydroxylation sites is 2. The Morgan fingerprint density at radius 2 is 1.64 bits per heavy atom. The van der Waals surface area contributed by atoms with Crippen LogP contribution in [0.25, 0.3) is 0 Å². The van der Waals surface area contributed by atoms with E-state index in [2.05, 4.69) is 5.32 Å². The van der Waals surface area contributed by atoms with Crippen LogP contribution in [0.2, 0.25) is 0 Å². The first kappa shape index (κ1) is 21.1. The number of benzene rings is 2. The minimum absolute atomic E-state index is 0.0229. The van der Waals surface area contributed by atoms with Crippen LogP contribution in [0.4, 0.5) is 0 Å². The van der Waals surface area contributed by atoms with E-state index in [1.807, 2.05) is 20.8 Å². The Hall–Kier alpha value is -3.22. The standard InChI is InChI=1S/C21H25NO6/c1-5-26-16-8-6-7-9-18(16)28-21(24)15-10-11-17(19(12-15)25-4)27-13-20(23)22-14(2)3/h6-12,14H,5,13H2,1-4H3,(H,22,23). The number of esters is 1. The third kappa shape index (κ3) is 5.90. The molecule has 0 heterocycles. The minimum Gasteiger partial charge on any atom is -0.493 e. The highest BCUT2D eigenvalue weighted by atomic mass is 16.6. The van der Waals surface area contributed by atoms with E-state index in [0.29, 0.717) is 29.6 Å². The van der Waals surface area contributed by atoms with Gasteiger partial charge < -0.3 is 24.3 Å². The third-order valence-corrected chi connectivity index (χ3v) is 3.56. The first-order valence-electron chi connectivity index (χ1n) is 8.98. The second-order valence-corrected chi connectivity index (χ2v) is 6.15. The SMILES string of the molecule is CCOc1ccccc1OC(=O)c1ccc(OCC(=O)NC(C)C)c(OC)c1. The maximum absolute atomic E-state index is 12.5. The topological polar surface area (TPSA) is 83.1 Å². The van der Waals surface area contributed by atoms with Crippen molar-refractivity contribution in [1.29, 1.82) is 0 Å². The first-order valence-corrected chi connectivity index (χ1v) is 8.98. The molecule has 7 heteroatoms. The summed E-state index contributed by atoms with van der Waals surface area (Å²) in [5, 5.41) is 2.73. The third-order valence-electron chi connectivity index (χ3n) is 3.56. The summed E-state index contributed by atoms with van der Waals surface area (Å²) in [5.41, 5.74) is 0.280. The van der Waals surface area contributed by atoms with Gasteiger partial charge in [-0.05, 0) is 51.1 Å². The molecule has 150 valence electrons. The van der Waals surface area contributed by atoms with Crippen LogP contribution < -0.4 is 24.3 Å². The second kappa shape index (κ2) is 10.2. The van der Waals surface area contributed by atoms with Crippen molar-refractivity contribution < 1.29 is 28.5 Å². The predicted octanol–water partition coefficient (Wildman–Crippen LogP) is 3.22. The quantitative estimate of drug-likeness (QED) is 0.525.